The predicted molar refractivity (Wildman–Crippen MR) is 108 cm³/mol. The number of benzene rings is 2. The maximum absolute atomic E-state index is 12.5. The van der Waals surface area contributed by atoms with Crippen molar-refractivity contribution in [2.75, 3.05) is 11.9 Å². The molecular formula is C20H24N2O3S. The molecule has 1 amide bonds. The molecule has 2 aromatic carbocycles. The summed E-state index contributed by atoms with van der Waals surface area (Å²) >= 11 is 5.28. The van der Waals surface area contributed by atoms with E-state index in [0.717, 1.165) is 6.42 Å². The van der Waals surface area contributed by atoms with Gasteiger partial charge in [-0.2, -0.15) is 0 Å². The minimum absolute atomic E-state index is 0.0312. The molecule has 2 aromatic rings. The van der Waals surface area contributed by atoms with Crippen LogP contribution in [0.25, 0.3) is 0 Å². The molecule has 0 saturated carbocycles. The van der Waals surface area contributed by atoms with Gasteiger partial charge in [-0.05, 0) is 56.8 Å². The molecule has 138 valence electrons. The Labute approximate surface area is 159 Å². The van der Waals surface area contributed by atoms with Crippen molar-refractivity contribution in [1.29, 1.82) is 0 Å². The first-order valence-electron chi connectivity index (χ1n) is 8.61. The van der Waals surface area contributed by atoms with Crippen molar-refractivity contribution in [3.63, 3.8) is 0 Å². The van der Waals surface area contributed by atoms with Crippen molar-refractivity contribution in [2.24, 2.45) is 0 Å². The Morgan fingerprint density at radius 1 is 1.08 bits per heavy atom. The van der Waals surface area contributed by atoms with Gasteiger partial charge >= 0.3 is 0 Å². The van der Waals surface area contributed by atoms with Gasteiger partial charge in [0.1, 0.15) is 11.5 Å². The number of amides is 1. The second kappa shape index (κ2) is 9.77. The molecule has 0 fully saturated rings. The lowest BCUT2D eigenvalue weighted by molar-refractivity contribution is 0.0973. The number of hydrogen-bond acceptors (Lipinski definition) is 4. The van der Waals surface area contributed by atoms with Crippen LogP contribution in [0.2, 0.25) is 0 Å². The zero-order chi connectivity index (χ0) is 18.9. The minimum atomic E-state index is -0.323. The Kier molecular flexibility index (Phi) is 7.41. The van der Waals surface area contributed by atoms with Crippen molar-refractivity contribution < 1.29 is 14.3 Å². The molecule has 2 rings (SSSR count). The number of nitrogens with one attached hydrogen (secondary N) is 2. The smallest absolute Gasteiger partial charge is 0.261 e. The minimum Gasteiger partial charge on any atom is -0.493 e. The van der Waals surface area contributed by atoms with Gasteiger partial charge in [0.2, 0.25) is 0 Å². The highest BCUT2D eigenvalue weighted by molar-refractivity contribution is 7.80. The zero-order valence-corrected chi connectivity index (χ0v) is 16.1. The van der Waals surface area contributed by atoms with E-state index in [2.05, 4.69) is 10.6 Å². The number of carbonyl (C=O) groups is 1. The van der Waals surface area contributed by atoms with Crippen molar-refractivity contribution >= 4 is 28.9 Å². The number of thiocarbonyl (C=S) groups is 1. The summed E-state index contributed by atoms with van der Waals surface area (Å²) in [6, 6.07) is 14.5. The Hall–Kier alpha value is -2.60. The molecule has 6 heteroatoms. The summed E-state index contributed by atoms with van der Waals surface area (Å²) in [4.78, 5) is 12.5. The summed E-state index contributed by atoms with van der Waals surface area (Å²) in [6.45, 7) is 6.46. The standard InChI is InChI=1S/C20H24N2O3S/c1-4-13-24-17-11-7-5-9-15(17)19(23)22-20(26)21-16-10-6-8-12-18(16)25-14(2)3/h5-12,14H,4,13H2,1-3H3,(H2,21,22,23,26). The second-order valence-corrected chi connectivity index (χ2v) is 6.32. The van der Waals surface area contributed by atoms with Crippen molar-refractivity contribution in [3.8, 4) is 11.5 Å². The number of para-hydroxylation sites is 3. The fraction of sp³-hybridized carbons (Fsp3) is 0.300. The molecule has 0 atom stereocenters. The fourth-order valence-electron chi connectivity index (χ4n) is 2.24. The lowest BCUT2D eigenvalue weighted by Crippen LogP contribution is -2.34. The van der Waals surface area contributed by atoms with Gasteiger partial charge in [0.05, 0.1) is 24.0 Å². The van der Waals surface area contributed by atoms with Crippen LogP contribution in [0.5, 0.6) is 11.5 Å². The third kappa shape index (κ3) is 5.74. The normalized spacial score (nSPS) is 10.3. The molecule has 26 heavy (non-hydrogen) atoms. The number of rotatable bonds is 7. The highest BCUT2D eigenvalue weighted by atomic mass is 32.1. The van der Waals surface area contributed by atoms with Gasteiger partial charge in [-0.1, -0.05) is 31.2 Å². The maximum Gasteiger partial charge on any atom is 0.261 e. The van der Waals surface area contributed by atoms with E-state index in [1.807, 2.05) is 51.1 Å². The highest BCUT2D eigenvalue weighted by Crippen LogP contribution is 2.25. The third-order valence-corrected chi connectivity index (χ3v) is 3.52. The molecule has 0 spiro atoms. The van der Waals surface area contributed by atoms with Crippen LogP contribution >= 0.6 is 12.2 Å². The quantitative estimate of drug-likeness (QED) is 0.706. The molecule has 0 saturated heterocycles. The Morgan fingerprint density at radius 2 is 1.73 bits per heavy atom. The van der Waals surface area contributed by atoms with E-state index < -0.39 is 0 Å². The monoisotopic (exact) mass is 372 g/mol. The van der Waals surface area contributed by atoms with Gasteiger partial charge < -0.3 is 14.8 Å². The van der Waals surface area contributed by atoms with Crippen LogP contribution in [0, 0.1) is 0 Å². The van der Waals surface area contributed by atoms with Crippen LogP contribution < -0.4 is 20.1 Å². The van der Waals surface area contributed by atoms with Gasteiger partial charge in [-0.3, -0.25) is 10.1 Å². The van der Waals surface area contributed by atoms with E-state index in [-0.39, 0.29) is 17.1 Å². The second-order valence-electron chi connectivity index (χ2n) is 5.92. The molecule has 0 aliphatic heterocycles. The first-order chi connectivity index (χ1) is 12.5. The lowest BCUT2D eigenvalue weighted by Gasteiger charge is -2.16. The molecule has 0 aliphatic rings. The van der Waals surface area contributed by atoms with Crippen LogP contribution in [-0.4, -0.2) is 23.7 Å². The lowest BCUT2D eigenvalue weighted by atomic mass is 10.2. The van der Waals surface area contributed by atoms with Gasteiger partial charge in [0, 0.05) is 0 Å². The van der Waals surface area contributed by atoms with Gasteiger partial charge in [-0.15, -0.1) is 0 Å². The van der Waals surface area contributed by atoms with E-state index in [1.54, 1.807) is 18.2 Å². The number of hydrogen-bond donors (Lipinski definition) is 2. The van der Waals surface area contributed by atoms with E-state index in [9.17, 15) is 4.79 Å². The highest BCUT2D eigenvalue weighted by Gasteiger charge is 2.14. The first-order valence-corrected chi connectivity index (χ1v) is 9.02. The van der Waals surface area contributed by atoms with Crippen molar-refractivity contribution in [1.82, 2.24) is 5.32 Å². The number of ether oxygens (including phenoxy) is 2. The fourth-order valence-corrected chi connectivity index (χ4v) is 2.45. The summed E-state index contributed by atoms with van der Waals surface area (Å²) in [6.07, 6.45) is 0.895. The molecule has 2 N–H and O–H groups in total. The largest absolute Gasteiger partial charge is 0.493 e. The van der Waals surface area contributed by atoms with Crippen molar-refractivity contribution in [2.45, 2.75) is 33.3 Å². The SMILES string of the molecule is CCCOc1ccccc1C(=O)NC(=S)Nc1ccccc1OC(C)C. The Morgan fingerprint density at radius 3 is 2.42 bits per heavy atom. The van der Waals surface area contributed by atoms with Gasteiger partial charge in [-0.25, -0.2) is 0 Å². The molecule has 0 heterocycles. The van der Waals surface area contributed by atoms with Crippen molar-refractivity contribution in [3.05, 3.63) is 54.1 Å². The van der Waals surface area contributed by atoms with E-state index in [1.165, 1.54) is 0 Å². The molecule has 5 nitrogen and oxygen atoms in total. The maximum atomic E-state index is 12.5. The topological polar surface area (TPSA) is 59.6 Å². The first kappa shape index (κ1) is 19.7. The summed E-state index contributed by atoms with van der Waals surface area (Å²) in [5.41, 5.74) is 1.14. The van der Waals surface area contributed by atoms with E-state index in [4.69, 9.17) is 21.7 Å². The summed E-state index contributed by atoms with van der Waals surface area (Å²) in [7, 11) is 0. The average molecular weight is 372 g/mol. The number of carbonyl (C=O) groups excluding carboxylic acids is 1. The van der Waals surface area contributed by atoms with Crippen LogP contribution in [0.15, 0.2) is 48.5 Å². The van der Waals surface area contributed by atoms with Crippen LogP contribution in [0.3, 0.4) is 0 Å². The van der Waals surface area contributed by atoms with E-state index >= 15 is 0 Å². The molecule has 0 aliphatic carbocycles. The van der Waals surface area contributed by atoms with Gasteiger partial charge in [0.25, 0.3) is 5.91 Å². The average Bonchev–Trinajstić information content (AvgIpc) is 2.61. The Bertz CT molecular complexity index is 762. The Balaban J connectivity index is 2.06. The van der Waals surface area contributed by atoms with Crippen LogP contribution in [0.4, 0.5) is 5.69 Å². The summed E-state index contributed by atoms with van der Waals surface area (Å²) in [5, 5.41) is 5.90. The molecule has 0 unspecified atom stereocenters. The summed E-state index contributed by atoms with van der Waals surface area (Å²) < 4.78 is 11.4. The zero-order valence-electron chi connectivity index (χ0n) is 15.2. The predicted octanol–water partition coefficient (Wildman–Crippen LogP) is 4.39. The third-order valence-electron chi connectivity index (χ3n) is 3.32. The molecule has 0 bridgehead atoms. The van der Waals surface area contributed by atoms with Crippen LogP contribution in [0.1, 0.15) is 37.6 Å². The number of anilines is 1. The summed E-state index contributed by atoms with van der Waals surface area (Å²) in [5.74, 6) is 0.889. The van der Waals surface area contributed by atoms with E-state index in [0.29, 0.717) is 29.4 Å². The molecule has 0 aromatic heterocycles. The molecular weight excluding hydrogens is 348 g/mol. The van der Waals surface area contributed by atoms with Crippen LogP contribution in [-0.2, 0) is 0 Å². The molecule has 0 radical (unpaired) electrons. The van der Waals surface area contributed by atoms with Gasteiger partial charge in [0.15, 0.2) is 5.11 Å².